The van der Waals surface area contributed by atoms with E-state index in [0.29, 0.717) is 6.61 Å². The summed E-state index contributed by atoms with van der Waals surface area (Å²) in [5.41, 5.74) is 4.60. The van der Waals surface area contributed by atoms with Gasteiger partial charge in [-0.05, 0) is 18.2 Å². The molecule has 0 unspecified atom stereocenters. The van der Waals surface area contributed by atoms with E-state index in [9.17, 15) is 5.11 Å². The number of nitrogens with one attached hydrogen (secondary N) is 1. The van der Waals surface area contributed by atoms with E-state index in [0.717, 1.165) is 11.3 Å². The largest absolute Gasteiger partial charge is 0.508 e. The van der Waals surface area contributed by atoms with Crippen LogP contribution >= 0.6 is 0 Å². The quantitative estimate of drug-likeness (QED) is 0.655. The highest BCUT2D eigenvalue weighted by Crippen LogP contribution is 2.18. The van der Waals surface area contributed by atoms with Gasteiger partial charge in [0.1, 0.15) is 5.75 Å². The van der Waals surface area contributed by atoms with Crippen molar-refractivity contribution in [3.05, 3.63) is 35.9 Å². The summed E-state index contributed by atoms with van der Waals surface area (Å²) in [6.07, 6.45) is 1.93. The molecule has 1 aliphatic heterocycles. The maximum absolute atomic E-state index is 9.18. The van der Waals surface area contributed by atoms with Crippen molar-refractivity contribution in [1.82, 2.24) is 5.48 Å². The Morgan fingerprint density at radius 1 is 1.42 bits per heavy atom. The van der Waals surface area contributed by atoms with Crippen LogP contribution in [0.3, 0.4) is 0 Å². The van der Waals surface area contributed by atoms with Crippen LogP contribution in [-0.4, -0.2) is 11.7 Å². The summed E-state index contributed by atoms with van der Waals surface area (Å²) in [5, 5.41) is 9.18. The number of aromatic hydroxyl groups is 1. The van der Waals surface area contributed by atoms with Crippen molar-refractivity contribution in [3.63, 3.8) is 0 Å². The molecule has 0 saturated heterocycles. The first-order valence-corrected chi connectivity index (χ1v) is 3.73. The van der Waals surface area contributed by atoms with Gasteiger partial charge >= 0.3 is 0 Å². The summed E-state index contributed by atoms with van der Waals surface area (Å²) >= 11 is 0. The zero-order valence-corrected chi connectivity index (χ0v) is 6.45. The lowest BCUT2D eigenvalue weighted by atomic mass is 10.1. The average molecular weight is 163 g/mol. The van der Waals surface area contributed by atoms with Gasteiger partial charge in [0, 0.05) is 5.56 Å². The second-order valence-electron chi connectivity index (χ2n) is 2.58. The second kappa shape index (κ2) is 2.87. The minimum Gasteiger partial charge on any atom is -0.508 e. The van der Waals surface area contributed by atoms with Crippen molar-refractivity contribution in [3.8, 4) is 5.75 Å². The molecule has 0 atom stereocenters. The van der Waals surface area contributed by atoms with Crippen LogP contribution < -0.4 is 5.48 Å². The van der Waals surface area contributed by atoms with E-state index in [1.54, 1.807) is 18.2 Å². The molecular weight excluding hydrogens is 154 g/mol. The van der Waals surface area contributed by atoms with Crippen LogP contribution in [0.15, 0.2) is 30.3 Å². The Morgan fingerprint density at radius 2 is 2.33 bits per heavy atom. The first-order chi connectivity index (χ1) is 5.86. The van der Waals surface area contributed by atoms with Crippen LogP contribution in [-0.2, 0) is 4.84 Å². The topological polar surface area (TPSA) is 41.5 Å². The van der Waals surface area contributed by atoms with Gasteiger partial charge in [0.15, 0.2) is 0 Å². The number of phenolic OH excluding ortho intramolecular Hbond substituents is 1. The van der Waals surface area contributed by atoms with Gasteiger partial charge in [-0.2, -0.15) is 0 Å². The fourth-order valence-electron chi connectivity index (χ4n) is 1.14. The lowest BCUT2D eigenvalue weighted by Crippen LogP contribution is -2.04. The van der Waals surface area contributed by atoms with Gasteiger partial charge in [0.05, 0.1) is 12.3 Å². The number of hydroxylamine groups is 1. The van der Waals surface area contributed by atoms with Crippen LogP contribution in [0.1, 0.15) is 5.56 Å². The van der Waals surface area contributed by atoms with Crippen LogP contribution in [0.25, 0.3) is 5.70 Å². The molecule has 0 aliphatic carbocycles. The molecule has 0 saturated carbocycles. The molecule has 2 N–H and O–H groups in total. The van der Waals surface area contributed by atoms with Gasteiger partial charge in [-0.15, -0.1) is 0 Å². The zero-order chi connectivity index (χ0) is 8.39. The Hall–Kier alpha value is -1.48. The molecule has 0 radical (unpaired) electrons. The number of phenols is 1. The van der Waals surface area contributed by atoms with Crippen LogP contribution in [0, 0.1) is 0 Å². The monoisotopic (exact) mass is 163 g/mol. The Labute approximate surface area is 70.2 Å². The van der Waals surface area contributed by atoms with Gasteiger partial charge in [-0.25, -0.2) is 0 Å². The Kier molecular flexibility index (Phi) is 1.72. The van der Waals surface area contributed by atoms with Crippen molar-refractivity contribution < 1.29 is 9.94 Å². The standard InChI is InChI=1S/C9H9NO2/c11-8-3-1-2-7(6-8)9-4-5-12-10-9/h1-4,6,10-11H,5H2. The third kappa shape index (κ3) is 1.26. The molecule has 0 spiro atoms. The normalized spacial score (nSPS) is 15.5. The summed E-state index contributed by atoms with van der Waals surface area (Å²) in [4.78, 5) is 4.93. The van der Waals surface area contributed by atoms with Crippen molar-refractivity contribution in [2.24, 2.45) is 0 Å². The van der Waals surface area contributed by atoms with E-state index in [1.165, 1.54) is 0 Å². The minimum atomic E-state index is 0.266. The van der Waals surface area contributed by atoms with Crippen LogP contribution in [0.2, 0.25) is 0 Å². The average Bonchev–Trinajstić information content (AvgIpc) is 2.56. The van der Waals surface area contributed by atoms with Gasteiger partial charge in [-0.3, -0.25) is 10.3 Å². The molecule has 0 aromatic heterocycles. The van der Waals surface area contributed by atoms with Crippen LogP contribution in [0.5, 0.6) is 5.75 Å². The lowest BCUT2D eigenvalue weighted by Gasteiger charge is -2.02. The maximum atomic E-state index is 9.18. The van der Waals surface area contributed by atoms with E-state index in [1.807, 2.05) is 12.1 Å². The number of hydrogen-bond donors (Lipinski definition) is 2. The van der Waals surface area contributed by atoms with Crippen molar-refractivity contribution in [1.29, 1.82) is 0 Å². The maximum Gasteiger partial charge on any atom is 0.116 e. The van der Waals surface area contributed by atoms with Gasteiger partial charge in [-0.1, -0.05) is 12.1 Å². The predicted molar refractivity (Wildman–Crippen MR) is 45.2 cm³/mol. The van der Waals surface area contributed by atoms with E-state index in [2.05, 4.69) is 5.48 Å². The summed E-state index contributed by atoms with van der Waals surface area (Å²) in [7, 11) is 0. The van der Waals surface area contributed by atoms with Crippen molar-refractivity contribution >= 4 is 5.70 Å². The number of hydrogen-bond acceptors (Lipinski definition) is 3. The highest BCUT2D eigenvalue weighted by Gasteiger charge is 2.06. The predicted octanol–water partition coefficient (Wildman–Crippen LogP) is 1.27. The van der Waals surface area contributed by atoms with E-state index in [4.69, 9.17) is 4.84 Å². The lowest BCUT2D eigenvalue weighted by molar-refractivity contribution is 0.121. The number of rotatable bonds is 1. The third-order valence-electron chi connectivity index (χ3n) is 1.71. The highest BCUT2D eigenvalue weighted by atomic mass is 16.6. The molecule has 1 aliphatic rings. The molecule has 12 heavy (non-hydrogen) atoms. The Morgan fingerprint density at radius 3 is 3.00 bits per heavy atom. The summed E-state index contributed by atoms with van der Waals surface area (Å²) < 4.78 is 0. The SMILES string of the molecule is Oc1cccc(C2=CCON2)c1. The van der Waals surface area contributed by atoms with E-state index < -0.39 is 0 Å². The Balaban J connectivity index is 2.33. The molecule has 1 heterocycles. The Bertz CT molecular complexity index is 320. The molecule has 2 rings (SSSR count). The molecular formula is C9H9NO2. The van der Waals surface area contributed by atoms with Gasteiger partial charge in [0.2, 0.25) is 0 Å². The fraction of sp³-hybridized carbons (Fsp3) is 0.111. The molecule has 3 heteroatoms. The smallest absolute Gasteiger partial charge is 0.116 e. The molecule has 0 fully saturated rings. The minimum absolute atomic E-state index is 0.266. The molecule has 1 aromatic rings. The molecule has 0 amide bonds. The molecule has 3 nitrogen and oxygen atoms in total. The molecule has 1 aromatic carbocycles. The van der Waals surface area contributed by atoms with Crippen molar-refractivity contribution in [2.75, 3.05) is 6.61 Å². The highest BCUT2D eigenvalue weighted by molar-refractivity contribution is 5.65. The number of benzene rings is 1. The summed E-state index contributed by atoms with van der Waals surface area (Å²) in [5.74, 6) is 0.266. The van der Waals surface area contributed by atoms with Crippen LogP contribution in [0.4, 0.5) is 0 Å². The van der Waals surface area contributed by atoms with E-state index in [-0.39, 0.29) is 5.75 Å². The fourth-order valence-corrected chi connectivity index (χ4v) is 1.14. The van der Waals surface area contributed by atoms with Gasteiger partial charge in [0.25, 0.3) is 0 Å². The molecule has 0 bridgehead atoms. The van der Waals surface area contributed by atoms with Crippen molar-refractivity contribution in [2.45, 2.75) is 0 Å². The van der Waals surface area contributed by atoms with E-state index >= 15 is 0 Å². The third-order valence-corrected chi connectivity index (χ3v) is 1.71. The second-order valence-corrected chi connectivity index (χ2v) is 2.58. The zero-order valence-electron chi connectivity index (χ0n) is 6.45. The molecule has 62 valence electrons. The summed E-state index contributed by atoms with van der Waals surface area (Å²) in [6, 6.07) is 7.03. The summed E-state index contributed by atoms with van der Waals surface area (Å²) in [6.45, 7) is 0.574. The first kappa shape index (κ1) is 7.18. The van der Waals surface area contributed by atoms with Gasteiger partial charge < -0.3 is 5.11 Å². The first-order valence-electron chi connectivity index (χ1n) is 3.73.